The Kier molecular flexibility index (Phi) is 4.75. The summed E-state index contributed by atoms with van der Waals surface area (Å²) in [6.07, 6.45) is 1.43. The summed E-state index contributed by atoms with van der Waals surface area (Å²) in [5, 5.41) is 21.4. The summed E-state index contributed by atoms with van der Waals surface area (Å²) < 4.78 is 1.59. The number of aromatic nitrogens is 1. The van der Waals surface area contributed by atoms with Crippen molar-refractivity contribution in [2.45, 2.75) is 12.5 Å². The third kappa shape index (κ3) is 3.94. The van der Waals surface area contributed by atoms with E-state index >= 15 is 0 Å². The lowest BCUT2D eigenvalue weighted by Gasteiger charge is -2.12. The predicted octanol–water partition coefficient (Wildman–Crippen LogP) is 1.23. The molecule has 0 aliphatic heterocycles. The van der Waals surface area contributed by atoms with Gasteiger partial charge in [-0.2, -0.15) is 5.26 Å². The fourth-order valence-corrected chi connectivity index (χ4v) is 2.11. The summed E-state index contributed by atoms with van der Waals surface area (Å²) in [5.74, 6) is -0.300. The number of hydrogen-bond donors (Lipinski definition) is 2. The van der Waals surface area contributed by atoms with Crippen molar-refractivity contribution in [2.75, 3.05) is 6.54 Å². The van der Waals surface area contributed by atoms with Crippen molar-refractivity contribution in [1.29, 1.82) is 5.26 Å². The topological polar surface area (TPSA) is 78.0 Å². The maximum Gasteiger partial charge on any atom is 0.268 e. The predicted molar refractivity (Wildman–Crippen MR) is 78.6 cm³/mol. The molecule has 1 aromatic carbocycles. The van der Waals surface area contributed by atoms with E-state index in [-0.39, 0.29) is 12.5 Å². The number of amides is 1. The highest BCUT2D eigenvalue weighted by Gasteiger charge is 2.13. The van der Waals surface area contributed by atoms with Crippen molar-refractivity contribution in [3.8, 4) is 6.07 Å². The normalized spacial score (nSPS) is 11.7. The molecule has 0 aliphatic rings. The summed E-state index contributed by atoms with van der Waals surface area (Å²) in [6.45, 7) is 0.167. The van der Waals surface area contributed by atoms with Gasteiger partial charge in [-0.25, -0.2) is 0 Å². The monoisotopic (exact) mass is 283 g/mol. The van der Waals surface area contributed by atoms with Gasteiger partial charge in [-0.15, -0.1) is 0 Å². The van der Waals surface area contributed by atoms with Crippen LogP contribution in [-0.2, 0) is 13.5 Å². The molecule has 1 atom stereocenters. The first-order chi connectivity index (χ1) is 10.1. The Morgan fingerprint density at radius 2 is 2.14 bits per heavy atom. The van der Waals surface area contributed by atoms with Gasteiger partial charge in [0.1, 0.15) is 11.8 Å². The van der Waals surface area contributed by atoms with Gasteiger partial charge in [0.25, 0.3) is 5.91 Å². The zero-order valence-corrected chi connectivity index (χ0v) is 11.8. The van der Waals surface area contributed by atoms with Gasteiger partial charge < -0.3 is 15.0 Å². The van der Waals surface area contributed by atoms with Gasteiger partial charge in [0.05, 0.1) is 11.7 Å². The zero-order valence-electron chi connectivity index (χ0n) is 11.8. The minimum atomic E-state index is -0.646. The molecule has 0 saturated heterocycles. The molecule has 0 radical (unpaired) electrons. The van der Waals surface area contributed by atoms with E-state index in [1.54, 1.807) is 17.8 Å². The number of rotatable bonds is 5. The Bertz CT molecular complexity index is 656. The second kappa shape index (κ2) is 6.73. The average molecular weight is 283 g/mol. The number of aliphatic hydroxyl groups is 1. The van der Waals surface area contributed by atoms with Crippen LogP contribution in [0.5, 0.6) is 0 Å². The number of carbonyl (C=O) groups excluding carboxylic acids is 1. The lowest BCUT2D eigenvalue weighted by atomic mass is 10.1. The molecule has 21 heavy (non-hydrogen) atoms. The number of benzene rings is 1. The van der Waals surface area contributed by atoms with Crippen molar-refractivity contribution >= 4 is 5.91 Å². The van der Waals surface area contributed by atoms with E-state index in [0.717, 1.165) is 5.56 Å². The first kappa shape index (κ1) is 14.8. The molecule has 0 fully saturated rings. The standard InChI is InChI=1S/C16H17N3O2/c1-19-11-13(9-17)8-15(19)16(21)18-10-14(20)7-12-5-3-2-4-6-12/h2-6,8,11,14,20H,7,10H2,1H3,(H,18,21). The smallest absolute Gasteiger partial charge is 0.268 e. The van der Waals surface area contributed by atoms with E-state index in [4.69, 9.17) is 5.26 Å². The third-order valence-corrected chi connectivity index (χ3v) is 3.18. The Hall–Kier alpha value is -2.58. The minimum Gasteiger partial charge on any atom is -0.391 e. The average Bonchev–Trinajstić information content (AvgIpc) is 2.87. The highest BCUT2D eigenvalue weighted by Crippen LogP contribution is 2.06. The van der Waals surface area contributed by atoms with Crippen LogP contribution in [0.15, 0.2) is 42.6 Å². The minimum absolute atomic E-state index is 0.167. The third-order valence-electron chi connectivity index (χ3n) is 3.18. The van der Waals surface area contributed by atoms with Crippen LogP contribution in [0.4, 0.5) is 0 Å². The lowest BCUT2D eigenvalue weighted by molar-refractivity contribution is 0.0908. The van der Waals surface area contributed by atoms with Crippen LogP contribution >= 0.6 is 0 Å². The maximum atomic E-state index is 12.0. The van der Waals surface area contributed by atoms with E-state index < -0.39 is 6.10 Å². The number of aliphatic hydroxyl groups excluding tert-OH is 1. The van der Waals surface area contributed by atoms with Crippen LogP contribution in [0.1, 0.15) is 21.6 Å². The van der Waals surface area contributed by atoms with Crippen LogP contribution < -0.4 is 5.32 Å². The maximum absolute atomic E-state index is 12.0. The molecule has 5 nitrogen and oxygen atoms in total. The molecule has 1 amide bonds. The highest BCUT2D eigenvalue weighted by molar-refractivity contribution is 5.93. The van der Waals surface area contributed by atoms with E-state index in [0.29, 0.717) is 17.7 Å². The Labute approximate surface area is 123 Å². The van der Waals surface area contributed by atoms with Gasteiger partial charge in [0, 0.05) is 26.2 Å². The van der Waals surface area contributed by atoms with E-state index in [1.165, 1.54) is 6.07 Å². The van der Waals surface area contributed by atoms with Gasteiger partial charge in [-0.3, -0.25) is 4.79 Å². The highest BCUT2D eigenvalue weighted by atomic mass is 16.3. The molecule has 1 unspecified atom stereocenters. The van der Waals surface area contributed by atoms with Crippen molar-refractivity contribution in [3.05, 3.63) is 59.4 Å². The molecule has 108 valence electrons. The molecule has 0 bridgehead atoms. The van der Waals surface area contributed by atoms with E-state index in [9.17, 15) is 9.90 Å². The number of nitrogens with one attached hydrogen (secondary N) is 1. The molecule has 2 N–H and O–H groups in total. The van der Waals surface area contributed by atoms with Gasteiger partial charge in [-0.05, 0) is 11.6 Å². The molecule has 1 aromatic heterocycles. The quantitative estimate of drug-likeness (QED) is 0.866. The van der Waals surface area contributed by atoms with Crippen LogP contribution in [0, 0.1) is 11.3 Å². The largest absolute Gasteiger partial charge is 0.391 e. The van der Waals surface area contributed by atoms with Gasteiger partial charge >= 0.3 is 0 Å². The fraction of sp³-hybridized carbons (Fsp3) is 0.250. The molecule has 5 heteroatoms. The summed E-state index contributed by atoms with van der Waals surface area (Å²) in [4.78, 5) is 12.0. The number of carbonyl (C=O) groups is 1. The molecular formula is C16H17N3O2. The van der Waals surface area contributed by atoms with Gasteiger partial charge in [0.15, 0.2) is 0 Å². The van der Waals surface area contributed by atoms with Crippen molar-refractivity contribution in [3.63, 3.8) is 0 Å². The van der Waals surface area contributed by atoms with Crippen molar-refractivity contribution < 1.29 is 9.90 Å². The molecule has 0 saturated carbocycles. The Morgan fingerprint density at radius 3 is 2.76 bits per heavy atom. The number of aryl methyl sites for hydroxylation is 1. The SMILES string of the molecule is Cn1cc(C#N)cc1C(=O)NCC(O)Cc1ccccc1. The second-order valence-corrected chi connectivity index (χ2v) is 4.89. The zero-order chi connectivity index (χ0) is 15.2. The molecule has 0 aliphatic carbocycles. The summed E-state index contributed by atoms with van der Waals surface area (Å²) in [7, 11) is 1.70. The van der Waals surface area contributed by atoms with Crippen LogP contribution in [0.3, 0.4) is 0 Å². The van der Waals surface area contributed by atoms with E-state index in [1.807, 2.05) is 36.4 Å². The van der Waals surface area contributed by atoms with E-state index in [2.05, 4.69) is 5.32 Å². The van der Waals surface area contributed by atoms with Gasteiger partial charge in [0.2, 0.25) is 0 Å². The lowest BCUT2D eigenvalue weighted by Crippen LogP contribution is -2.34. The number of nitriles is 1. The Balaban J connectivity index is 1.89. The number of hydrogen-bond acceptors (Lipinski definition) is 3. The second-order valence-electron chi connectivity index (χ2n) is 4.89. The molecular weight excluding hydrogens is 266 g/mol. The molecule has 0 spiro atoms. The first-order valence-corrected chi connectivity index (χ1v) is 6.67. The van der Waals surface area contributed by atoms with Crippen LogP contribution in [0.25, 0.3) is 0 Å². The van der Waals surface area contributed by atoms with Crippen LogP contribution in [-0.4, -0.2) is 28.2 Å². The van der Waals surface area contributed by atoms with Crippen molar-refractivity contribution in [2.24, 2.45) is 7.05 Å². The van der Waals surface area contributed by atoms with Crippen LogP contribution in [0.2, 0.25) is 0 Å². The summed E-state index contributed by atoms with van der Waals surface area (Å²) in [5.41, 5.74) is 1.86. The fourth-order valence-electron chi connectivity index (χ4n) is 2.11. The molecule has 2 rings (SSSR count). The summed E-state index contributed by atoms with van der Waals surface area (Å²) >= 11 is 0. The molecule has 1 heterocycles. The van der Waals surface area contributed by atoms with Gasteiger partial charge in [-0.1, -0.05) is 30.3 Å². The van der Waals surface area contributed by atoms with Crippen molar-refractivity contribution in [1.82, 2.24) is 9.88 Å². The first-order valence-electron chi connectivity index (χ1n) is 6.67. The summed E-state index contributed by atoms with van der Waals surface area (Å²) in [6, 6.07) is 13.1. The number of nitrogens with zero attached hydrogens (tertiary/aromatic N) is 2. The Morgan fingerprint density at radius 1 is 1.43 bits per heavy atom. The molecule has 2 aromatic rings.